The standard InChI is InChI=1S/C15H19N3O2/c1-15(20)7-3-9-18(11-15)14(19)13-6-5-12(10-17-13)4-2-8-16/h5-6,10,20H,3,7-9,11,16H2,1H3. The van der Waals surface area contributed by atoms with Crippen molar-refractivity contribution in [2.75, 3.05) is 19.6 Å². The number of nitrogens with two attached hydrogens (primary N) is 1. The van der Waals surface area contributed by atoms with Crippen molar-refractivity contribution in [3.63, 3.8) is 0 Å². The number of aliphatic hydroxyl groups is 1. The first-order valence-electron chi connectivity index (χ1n) is 6.68. The number of carbonyl (C=O) groups is 1. The fraction of sp³-hybridized carbons (Fsp3) is 0.467. The van der Waals surface area contributed by atoms with E-state index in [1.807, 2.05) is 0 Å². The van der Waals surface area contributed by atoms with Crippen LogP contribution in [0.1, 0.15) is 35.8 Å². The molecule has 1 amide bonds. The number of carbonyl (C=O) groups excluding carboxylic acids is 1. The second-order valence-corrected chi connectivity index (χ2v) is 5.27. The number of nitrogens with zero attached hydrogens (tertiary/aromatic N) is 2. The number of amides is 1. The van der Waals surface area contributed by atoms with Gasteiger partial charge in [-0.2, -0.15) is 0 Å². The summed E-state index contributed by atoms with van der Waals surface area (Å²) >= 11 is 0. The fourth-order valence-electron chi connectivity index (χ4n) is 2.30. The van der Waals surface area contributed by atoms with Gasteiger partial charge in [-0.05, 0) is 31.9 Å². The highest BCUT2D eigenvalue weighted by atomic mass is 16.3. The second-order valence-electron chi connectivity index (χ2n) is 5.27. The Labute approximate surface area is 118 Å². The van der Waals surface area contributed by atoms with Crippen molar-refractivity contribution in [1.29, 1.82) is 0 Å². The third-order valence-corrected chi connectivity index (χ3v) is 3.28. The minimum absolute atomic E-state index is 0.150. The van der Waals surface area contributed by atoms with E-state index in [2.05, 4.69) is 16.8 Å². The lowest BCUT2D eigenvalue weighted by molar-refractivity contribution is -0.0109. The summed E-state index contributed by atoms with van der Waals surface area (Å²) in [6.45, 7) is 3.06. The van der Waals surface area contributed by atoms with Crippen LogP contribution in [-0.2, 0) is 0 Å². The van der Waals surface area contributed by atoms with Gasteiger partial charge < -0.3 is 15.7 Å². The molecule has 1 aliphatic heterocycles. The van der Waals surface area contributed by atoms with Crippen LogP contribution in [0.25, 0.3) is 0 Å². The van der Waals surface area contributed by atoms with Gasteiger partial charge in [0.05, 0.1) is 12.1 Å². The summed E-state index contributed by atoms with van der Waals surface area (Å²) in [5.74, 6) is 5.45. The van der Waals surface area contributed by atoms with Gasteiger partial charge in [-0.25, -0.2) is 4.98 Å². The summed E-state index contributed by atoms with van der Waals surface area (Å²) in [6, 6.07) is 3.41. The van der Waals surface area contributed by atoms with Crippen molar-refractivity contribution in [3.8, 4) is 11.8 Å². The quantitative estimate of drug-likeness (QED) is 0.725. The van der Waals surface area contributed by atoms with E-state index in [4.69, 9.17) is 5.73 Å². The average Bonchev–Trinajstić information content (AvgIpc) is 2.44. The van der Waals surface area contributed by atoms with E-state index in [1.54, 1.807) is 30.2 Å². The van der Waals surface area contributed by atoms with E-state index in [1.165, 1.54) is 0 Å². The van der Waals surface area contributed by atoms with E-state index in [9.17, 15) is 9.90 Å². The Balaban J connectivity index is 2.09. The number of pyridine rings is 1. The molecule has 1 aromatic rings. The monoisotopic (exact) mass is 273 g/mol. The number of hydrogen-bond acceptors (Lipinski definition) is 4. The van der Waals surface area contributed by atoms with Gasteiger partial charge in [-0.15, -0.1) is 0 Å². The van der Waals surface area contributed by atoms with Gasteiger partial charge in [0.1, 0.15) is 5.69 Å². The summed E-state index contributed by atoms with van der Waals surface area (Å²) in [5, 5.41) is 10.0. The molecule has 1 unspecified atom stereocenters. The Kier molecular flexibility index (Phi) is 4.38. The molecule has 5 nitrogen and oxygen atoms in total. The molecule has 1 aromatic heterocycles. The summed E-state index contributed by atoms with van der Waals surface area (Å²) < 4.78 is 0. The average molecular weight is 273 g/mol. The second kappa shape index (κ2) is 6.04. The first kappa shape index (κ1) is 14.5. The summed E-state index contributed by atoms with van der Waals surface area (Å²) in [7, 11) is 0. The molecule has 106 valence electrons. The van der Waals surface area contributed by atoms with E-state index in [0.717, 1.165) is 18.4 Å². The van der Waals surface area contributed by atoms with Crippen molar-refractivity contribution < 1.29 is 9.90 Å². The molecule has 0 aliphatic carbocycles. The van der Waals surface area contributed by atoms with Crippen LogP contribution >= 0.6 is 0 Å². The predicted molar refractivity (Wildman–Crippen MR) is 75.9 cm³/mol. The summed E-state index contributed by atoms with van der Waals surface area (Å²) in [6.07, 6.45) is 3.09. The van der Waals surface area contributed by atoms with Gasteiger partial charge >= 0.3 is 0 Å². The molecule has 20 heavy (non-hydrogen) atoms. The fourth-order valence-corrected chi connectivity index (χ4v) is 2.30. The van der Waals surface area contributed by atoms with Crippen LogP contribution in [0.15, 0.2) is 18.3 Å². The molecule has 3 N–H and O–H groups in total. The number of piperidine rings is 1. The molecule has 0 saturated carbocycles. The predicted octanol–water partition coefficient (Wildman–Crippen LogP) is 0.379. The van der Waals surface area contributed by atoms with Gasteiger partial charge in [0.25, 0.3) is 5.91 Å². The maximum absolute atomic E-state index is 12.3. The topological polar surface area (TPSA) is 79.5 Å². The lowest BCUT2D eigenvalue weighted by atomic mass is 9.95. The largest absolute Gasteiger partial charge is 0.388 e. The molecular formula is C15H19N3O2. The molecule has 2 rings (SSSR count). The zero-order chi connectivity index (χ0) is 14.6. The Morgan fingerprint density at radius 3 is 3.00 bits per heavy atom. The Morgan fingerprint density at radius 1 is 1.60 bits per heavy atom. The van der Waals surface area contributed by atoms with Crippen molar-refractivity contribution in [2.45, 2.75) is 25.4 Å². The molecule has 1 fully saturated rings. The SMILES string of the molecule is CC1(O)CCCN(C(=O)c2ccc(C#CCN)cn2)C1. The number of rotatable bonds is 1. The molecule has 0 spiro atoms. The first-order valence-corrected chi connectivity index (χ1v) is 6.68. The van der Waals surface area contributed by atoms with Gasteiger partial charge in [0.2, 0.25) is 0 Å². The number of β-amino-alcohol motifs (C(OH)–C–C–N with tert-alkyl or cyclic N) is 1. The van der Waals surface area contributed by atoms with Crippen LogP contribution in [0.5, 0.6) is 0 Å². The van der Waals surface area contributed by atoms with E-state index in [-0.39, 0.29) is 5.91 Å². The Bertz CT molecular complexity index is 540. The summed E-state index contributed by atoms with van der Waals surface area (Å²) in [5.41, 5.74) is 5.60. The van der Waals surface area contributed by atoms with Gasteiger partial charge in [0, 0.05) is 24.8 Å². The molecule has 0 aromatic carbocycles. The lowest BCUT2D eigenvalue weighted by Gasteiger charge is -2.36. The molecule has 0 radical (unpaired) electrons. The molecule has 1 saturated heterocycles. The smallest absolute Gasteiger partial charge is 0.272 e. The molecule has 5 heteroatoms. The highest BCUT2D eigenvalue weighted by Gasteiger charge is 2.31. The summed E-state index contributed by atoms with van der Waals surface area (Å²) in [4.78, 5) is 18.1. The highest BCUT2D eigenvalue weighted by Crippen LogP contribution is 2.21. The van der Waals surface area contributed by atoms with Crippen molar-refractivity contribution in [3.05, 3.63) is 29.6 Å². The zero-order valence-electron chi connectivity index (χ0n) is 11.6. The van der Waals surface area contributed by atoms with Crippen LogP contribution < -0.4 is 5.73 Å². The number of likely N-dealkylation sites (tertiary alicyclic amines) is 1. The van der Waals surface area contributed by atoms with Crippen molar-refractivity contribution in [1.82, 2.24) is 9.88 Å². The molecule has 1 aliphatic rings. The van der Waals surface area contributed by atoms with E-state index < -0.39 is 5.60 Å². The van der Waals surface area contributed by atoms with Crippen molar-refractivity contribution in [2.24, 2.45) is 5.73 Å². The molecular weight excluding hydrogens is 254 g/mol. The number of aromatic nitrogens is 1. The van der Waals surface area contributed by atoms with Crippen LogP contribution in [0.4, 0.5) is 0 Å². The van der Waals surface area contributed by atoms with E-state index in [0.29, 0.717) is 25.3 Å². The van der Waals surface area contributed by atoms with Gasteiger partial charge in [-0.3, -0.25) is 4.79 Å². The maximum Gasteiger partial charge on any atom is 0.272 e. The third kappa shape index (κ3) is 3.56. The first-order chi connectivity index (χ1) is 9.52. The maximum atomic E-state index is 12.3. The Hall–Kier alpha value is -1.90. The molecule has 2 heterocycles. The van der Waals surface area contributed by atoms with E-state index >= 15 is 0 Å². The minimum Gasteiger partial charge on any atom is -0.388 e. The molecule has 1 atom stereocenters. The van der Waals surface area contributed by atoms with Crippen LogP contribution in [0.3, 0.4) is 0 Å². The minimum atomic E-state index is -0.805. The zero-order valence-corrected chi connectivity index (χ0v) is 11.6. The van der Waals surface area contributed by atoms with Gasteiger partial charge in [0.15, 0.2) is 0 Å². The van der Waals surface area contributed by atoms with Crippen LogP contribution in [0.2, 0.25) is 0 Å². The van der Waals surface area contributed by atoms with Crippen LogP contribution in [0, 0.1) is 11.8 Å². The van der Waals surface area contributed by atoms with Gasteiger partial charge in [-0.1, -0.05) is 11.8 Å². The van der Waals surface area contributed by atoms with Crippen molar-refractivity contribution >= 4 is 5.91 Å². The Morgan fingerprint density at radius 2 is 2.40 bits per heavy atom. The number of hydrogen-bond donors (Lipinski definition) is 2. The normalized spacial score (nSPS) is 22.1. The highest BCUT2D eigenvalue weighted by molar-refractivity contribution is 5.92. The lowest BCUT2D eigenvalue weighted by Crippen LogP contribution is -2.48. The molecule has 0 bridgehead atoms. The third-order valence-electron chi connectivity index (χ3n) is 3.28. The van der Waals surface area contributed by atoms with Crippen LogP contribution in [-0.4, -0.2) is 46.1 Å².